The van der Waals surface area contributed by atoms with Crippen LogP contribution in [0.3, 0.4) is 0 Å². The van der Waals surface area contributed by atoms with E-state index < -0.39 is 6.10 Å². The number of nitrogens with one attached hydrogen (secondary N) is 2. The summed E-state index contributed by atoms with van der Waals surface area (Å²) in [6.07, 6.45) is -0.250. The van der Waals surface area contributed by atoms with Crippen LogP contribution < -0.4 is 10.4 Å². The monoisotopic (exact) mass is 121 g/mol. The predicted octanol–water partition coefficient (Wildman–Crippen LogP) is -2.27. The van der Waals surface area contributed by atoms with Crippen molar-refractivity contribution in [2.75, 3.05) is 6.54 Å². The van der Waals surface area contributed by atoms with Gasteiger partial charge in [-0.2, -0.15) is 0 Å². The molecule has 45 valence electrons. The summed E-state index contributed by atoms with van der Waals surface area (Å²) in [5.41, 5.74) is 0. The third-order valence-electron chi connectivity index (χ3n) is 0.811. The summed E-state index contributed by atoms with van der Waals surface area (Å²) >= 11 is 0. The highest BCUT2D eigenvalue weighted by molar-refractivity contribution is 6.39. The van der Waals surface area contributed by atoms with Crippen molar-refractivity contribution in [2.45, 2.75) is 12.4 Å². The van der Waals surface area contributed by atoms with E-state index in [9.17, 15) is 0 Å². The maximum Gasteiger partial charge on any atom is 0.294 e. The van der Waals surface area contributed by atoms with E-state index in [2.05, 4.69) is 10.4 Å². The second kappa shape index (κ2) is 6.20. The number of hydrogen-bond donors (Lipinski definition) is 3. The third kappa shape index (κ3) is 5.95. The van der Waals surface area contributed by atoms with Gasteiger partial charge in [0.25, 0.3) is 7.55 Å². The molecule has 0 aromatic heterocycles. The van der Waals surface area contributed by atoms with Crippen LogP contribution in [0, 0.1) is 0 Å². The van der Waals surface area contributed by atoms with Crippen molar-refractivity contribution in [1.82, 2.24) is 10.4 Å². The number of aliphatic hydroxyl groups is 1. The summed E-state index contributed by atoms with van der Waals surface area (Å²) in [6.45, 7) is 0.417. The lowest BCUT2D eigenvalue weighted by molar-refractivity contribution is 0.199. The van der Waals surface area contributed by atoms with E-state index in [1.165, 1.54) is 7.55 Å². The summed E-state index contributed by atoms with van der Waals surface area (Å²) in [5.74, 6) is 0. The van der Waals surface area contributed by atoms with Crippen molar-refractivity contribution in [3.05, 3.63) is 0 Å². The van der Waals surface area contributed by atoms with Crippen LogP contribution in [0.25, 0.3) is 0 Å². The second-order valence-electron chi connectivity index (χ2n) is 1.61. The van der Waals surface area contributed by atoms with Crippen LogP contribution in [0.2, 0.25) is 6.32 Å². The first-order chi connectivity index (χ1) is 4.31. The van der Waals surface area contributed by atoms with Crippen LogP contribution in [0.5, 0.6) is 0 Å². The van der Waals surface area contributed by atoms with Gasteiger partial charge < -0.3 is 15.5 Å². The second-order valence-corrected chi connectivity index (χ2v) is 1.61. The lowest BCUT2D eigenvalue weighted by Crippen LogP contribution is -2.36. The molecule has 0 aliphatic heterocycles. The Morgan fingerprint density at radius 3 is 2.78 bits per heavy atom. The van der Waals surface area contributed by atoms with Gasteiger partial charge in [0.1, 0.15) is 0 Å². The van der Waals surface area contributed by atoms with Crippen molar-refractivity contribution >= 4 is 23.4 Å². The fourth-order valence-corrected chi connectivity index (χ4v) is 0.337. The molecule has 0 aliphatic carbocycles. The van der Waals surface area contributed by atoms with Crippen LogP contribution in [0.4, 0.5) is 0 Å². The van der Waals surface area contributed by atoms with Gasteiger partial charge in [-0.3, -0.25) is 0 Å². The van der Waals surface area contributed by atoms with E-state index in [0.29, 0.717) is 6.54 Å². The largest absolute Gasteiger partial charge is 0.398 e. The first kappa shape index (κ1) is 9.07. The molecule has 1 atom stereocenters. The molecule has 0 fully saturated rings. The average Bonchev–Trinajstić information content (AvgIpc) is 1.89. The smallest absolute Gasteiger partial charge is 0.294 e. The van der Waals surface area contributed by atoms with E-state index in [-0.39, 0.29) is 6.32 Å². The maximum absolute atomic E-state index is 8.81. The van der Waals surface area contributed by atoms with Gasteiger partial charge in [-0.15, -0.1) is 0 Å². The molecule has 6 heteroatoms. The molecule has 0 saturated heterocycles. The van der Waals surface area contributed by atoms with Crippen molar-refractivity contribution < 1.29 is 5.11 Å². The Balaban J connectivity index is 2.88. The van der Waals surface area contributed by atoms with Crippen molar-refractivity contribution in [3.63, 3.8) is 0 Å². The average molecular weight is 121 g/mol. The summed E-state index contributed by atoms with van der Waals surface area (Å²) < 4.78 is 0. The maximum atomic E-state index is 8.81. The Morgan fingerprint density at radius 1 is 1.67 bits per heavy atom. The molecule has 0 aromatic carbocycles. The van der Waals surface area contributed by atoms with E-state index >= 15 is 0 Å². The standard InChI is InChI=1S/C3H8B3N2O/c4-1-3(9)2-7-6-8-5/h3,7-9H,1-2H2. The Kier molecular flexibility index (Phi) is 6.25. The van der Waals surface area contributed by atoms with Crippen LogP contribution in [0.15, 0.2) is 0 Å². The van der Waals surface area contributed by atoms with Gasteiger partial charge in [0, 0.05) is 6.54 Å². The van der Waals surface area contributed by atoms with Gasteiger partial charge in [-0.25, -0.2) is 0 Å². The summed E-state index contributed by atoms with van der Waals surface area (Å²) in [7, 11) is 11.4. The van der Waals surface area contributed by atoms with E-state index in [4.69, 9.17) is 20.9 Å². The Bertz CT molecular complexity index is 65.0. The predicted molar refractivity (Wildman–Crippen MR) is 39.2 cm³/mol. The minimum Gasteiger partial charge on any atom is -0.398 e. The topological polar surface area (TPSA) is 44.3 Å². The van der Waals surface area contributed by atoms with Gasteiger partial charge in [0.05, 0.1) is 14.0 Å². The molecule has 0 spiro atoms. The Morgan fingerprint density at radius 2 is 2.33 bits per heavy atom. The number of aliphatic hydroxyl groups excluding tert-OH is 1. The van der Waals surface area contributed by atoms with E-state index in [1.54, 1.807) is 0 Å². The first-order valence-corrected chi connectivity index (χ1v) is 2.70. The molecule has 0 rings (SSSR count). The Labute approximate surface area is 58.7 Å². The zero-order chi connectivity index (χ0) is 7.11. The van der Waals surface area contributed by atoms with Crippen LogP contribution >= 0.6 is 0 Å². The molecule has 1 unspecified atom stereocenters. The van der Waals surface area contributed by atoms with Crippen LogP contribution in [-0.2, 0) is 0 Å². The first-order valence-electron chi connectivity index (χ1n) is 2.70. The molecular formula is C3H8B3N2O. The fraction of sp³-hybridized carbons (Fsp3) is 1.00. The van der Waals surface area contributed by atoms with E-state index in [1.807, 2.05) is 0 Å². The molecule has 0 amide bonds. The summed E-state index contributed by atoms with van der Waals surface area (Å²) in [4.78, 5) is 0. The van der Waals surface area contributed by atoms with Crippen molar-refractivity contribution in [1.29, 1.82) is 0 Å². The molecule has 3 nitrogen and oxygen atoms in total. The summed E-state index contributed by atoms with van der Waals surface area (Å²) in [6, 6.07) is 0. The molecular weight excluding hydrogens is 112 g/mol. The third-order valence-corrected chi connectivity index (χ3v) is 0.811. The van der Waals surface area contributed by atoms with Gasteiger partial charge in [0.15, 0.2) is 7.98 Å². The SMILES string of the molecule is [B]CC(O)CN[B]N[B]. The molecule has 0 heterocycles. The van der Waals surface area contributed by atoms with Gasteiger partial charge >= 0.3 is 0 Å². The normalized spacial score (nSPS) is 13.0. The molecule has 9 heavy (non-hydrogen) atoms. The summed E-state index contributed by atoms with van der Waals surface area (Å²) in [5, 5.41) is 13.8. The van der Waals surface area contributed by atoms with Gasteiger partial charge in [-0.1, -0.05) is 6.32 Å². The molecule has 0 bridgehead atoms. The Hall–Kier alpha value is 0.0748. The van der Waals surface area contributed by atoms with Gasteiger partial charge in [0.2, 0.25) is 0 Å². The zero-order valence-corrected chi connectivity index (χ0v) is 5.17. The number of hydrogen-bond acceptors (Lipinski definition) is 3. The molecule has 5 radical (unpaired) electrons. The lowest BCUT2D eigenvalue weighted by Gasteiger charge is -2.06. The minimum absolute atomic E-state index is 0.255. The van der Waals surface area contributed by atoms with E-state index in [0.717, 1.165) is 0 Å². The highest BCUT2D eigenvalue weighted by Gasteiger charge is 1.96. The minimum atomic E-state index is -0.505. The molecule has 0 aromatic rings. The number of rotatable bonds is 5. The molecule has 0 saturated carbocycles. The molecule has 0 aliphatic rings. The highest BCUT2D eigenvalue weighted by Crippen LogP contribution is 1.82. The fourth-order valence-electron chi connectivity index (χ4n) is 0.337. The van der Waals surface area contributed by atoms with Crippen molar-refractivity contribution in [3.8, 4) is 0 Å². The van der Waals surface area contributed by atoms with Crippen molar-refractivity contribution in [2.24, 2.45) is 0 Å². The molecule has 3 N–H and O–H groups in total. The van der Waals surface area contributed by atoms with Crippen LogP contribution in [0.1, 0.15) is 0 Å². The lowest BCUT2D eigenvalue weighted by atomic mass is 9.98. The van der Waals surface area contributed by atoms with Crippen LogP contribution in [-0.4, -0.2) is 41.1 Å². The quantitative estimate of drug-likeness (QED) is 0.283. The zero-order valence-electron chi connectivity index (χ0n) is 5.17. The highest BCUT2D eigenvalue weighted by atomic mass is 16.3. The van der Waals surface area contributed by atoms with Gasteiger partial charge in [-0.05, 0) is 0 Å².